The van der Waals surface area contributed by atoms with Crippen LogP contribution in [0, 0.1) is 6.92 Å². The maximum absolute atomic E-state index is 10.5. The van der Waals surface area contributed by atoms with Crippen LogP contribution in [0.15, 0.2) is 24.5 Å². The first kappa shape index (κ1) is 9.39. The van der Waals surface area contributed by atoms with Crippen LogP contribution in [-0.4, -0.2) is 21.1 Å². The number of carbonyl (C=O) groups excluding carboxylic acids is 1. The van der Waals surface area contributed by atoms with Crippen LogP contribution >= 0.6 is 0 Å². The molecule has 2 rings (SSSR count). The van der Waals surface area contributed by atoms with Crippen LogP contribution in [0.5, 0.6) is 0 Å². The fourth-order valence-electron chi connectivity index (χ4n) is 1.32. The summed E-state index contributed by atoms with van der Waals surface area (Å²) in [5.41, 5.74) is 7.64. The standard InChI is InChI=1S/C10H10N4O/c1-7-2-9(11)3-10(13-7)14-5-8(6-15)4-12-14/h2-6H,1H3,(H2,11,13). The van der Waals surface area contributed by atoms with Gasteiger partial charge in [-0.05, 0) is 13.0 Å². The minimum atomic E-state index is 0.511. The zero-order chi connectivity index (χ0) is 10.8. The number of pyridine rings is 1. The van der Waals surface area contributed by atoms with Crippen LogP contribution in [0.3, 0.4) is 0 Å². The quantitative estimate of drug-likeness (QED) is 0.736. The van der Waals surface area contributed by atoms with E-state index in [1.165, 1.54) is 10.9 Å². The largest absolute Gasteiger partial charge is 0.399 e. The molecule has 0 saturated heterocycles. The molecule has 5 nitrogen and oxygen atoms in total. The van der Waals surface area contributed by atoms with Gasteiger partial charge in [0.15, 0.2) is 12.1 Å². The molecular weight excluding hydrogens is 192 g/mol. The molecule has 5 heteroatoms. The maximum Gasteiger partial charge on any atom is 0.155 e. The van der Waals surface area contributed by atoms with Gasteiger partial charge in [-0.25, -0.2) is 9.67 Å². The molecule has 2 aromatic heterocycles. The minimum Gasteiger partial charge on any atom is -0.399 e. The number of anilines is 1. The number of nitrogens with two attached hydrogens (primary N) is 1. The first-order valence-corrected chi connectivity index (χ1v) is 4.43. The van der Waals surface area contributed by atoms with Gasteiger partial charge in [0.2, 0.25) is 0 Å². The number of aromatic nitrogens is 3. The summed E-state index contributed by atoms with van der Waals surface area (Å²) in [6, 6.07) is 3.47. The summed E-state index contributed by atoms with van der Waals surface area (Å²) in [4.78, 5) is 14.7. The highest BCUT2D eigenvalue weighted by Crippen LogP contribution is 2.11. The average molecular weight is 202 g/mol. The first-order chi connectivity index (χ1) is 7.19. The van der Waals surface area contributed by atoms with Crippen LogP contribution in [0.1, 0.15) is 16.1 Å². The Morgan fingerprint density at radius 3 is 2.87 bits per heavy atom. The van der Waals surface area contributed by atoms with E-state index in [0.29, 0.717) is 17.1 Å². The van der Waals surface area contributed by atoms with E-state index in [1.807, 2.05) is 6.92 Å². The molecular formula is C10H10N4O. The molecule has 0 bridgehead atoms. The Labute approximate surface area is 86.5 Å². The number of rotatable bonds is 2. The van der Waals surface area contributed by atoms with Crippen molar-refractivity contribution in [2.24, 2.45) is 0 Å². The molecule has 0 aliphatic heterocycles. The molecule has 0 aliphatic carbocycles. The van der Waals surface area contributed by atoms with E-state index in [-0.39, 0.29) is 0 Å². The van der Waals surface area contributed by atoms with Gasteiger partial charge in [0.25, 0.3) is 0 Å². The molecule has 0 fully saturated rings. The van der Waals surface area contributed by atoms with Gasteiger partial charge in [-0.15, -0.1) is 0 Å². The molecule has 15 heavy (non-hydrogen) atoms. The van der Waals surface area contributed by atoms with Gasteiger partial charge < -0.3 is 5.73 Å². The second-order valence-electron chi connectivity index (χ2n) is 3.24. The lowest BCUT2D eigenvalue weighted by Crippen LogP contribution is -2.00. The molecule has 2 N–H and O–H groups in total. The summed E-state index contributed by atoms with van der Waals surface area (Å²) in [5, 5.41) is 4.01. The van der Waals surface area contributed by atoms with E-state index in [0.717, 1.165) is 12.0 Å². The van der Waals surface area contributed by atoms with Gasteiger partial charge in [-0.1, -0.05) is 0 Å². The fourth-order valence-corrected chi connectivity index (χ4v) is 1.32. The predicted molar refractivity (Wildman–Crippen MR) is 55.9 cm³/mol. The van der Waals surface area contributed by atoms with Crippen molar-refractivity contribution in [1.29, 1.82) is 0 Å². The second-order valence-corrected chi connectivity index (χ2v) is 3.24. The zero-order valence-electron chi connectivity index (χ0n) is 8.21. The molecule has 0 aromatic carbocycles. The number of nitrogen functional groups attached to an aromatic ring is 1. The van der Waals surface area contributed by atoms with E-state index < -0.39 is 0 Å². The van der Waals surface area contributed by atoms with Crippen LogP contribution in [0.2, 0.25) is 0 Å². The molecule has 0 atom stereocenters. The van der Waals surface area contributed by atoms with Crippen LogP contribution in [0.25, 0.3) is 5.82 Å². The van der Waals surface area contributed by atoms with Gasteiger partial charge in [-0.2, -0.15) is 5.10 Å². The third-order valence-electron chi connectivity index (χ3n) is 1.94. The van der Waals surface area contributed by atoms with E-state index in [4.69, 9.17) is 5.73 Å². The summed E-state index contributed by atoms with van der Waals surface area (Å²) < 4.78 is 1.52. The highest BCUT2D eigenvalue weighted by Gasteiger charge is 2.02. The van der Waals surface area contributed by atoms with Crippen molar-refractivity contribution in [2.45, 2.75) is 6.92 Å². The molecule has 0 saturated carbocycles. The summed E-state index contributed by atoms with van der Waals surface area (Å²) in [5.74, 6) is 0.612. The van der Waals surface area contributed by atoms with Crippen molar-refractivity contribution in [1.82, 2.24) is 14.8 Å². The van der Waals surface area contributed by atoms with Gasteiger partial charge in [-0.3, -0.25) is 4.79 Å². The average Bonchev–Trinajstić information content (AvgIpc) is 2.64. The van der Waals surface area contributed by atoms with Gasteiger partial charge in [0.05, 0.1) is 11.8 Å². The molecule has 2 aromatic rings. The highest BCUT2D eigenvalue weighted by atomic mass is 16.1. The predicted octanol–water partition coefficient (Wildman–Crippen LogP) is 0.970. The Hall–Kier alpha value is -2.17. The third kappa shape index (κ3) is 1.85. The van der Waals surface area contributed by atoms with Crippen LogP contribution < -0.4 is 5.73 Å². The SMILES string of the molecule is Cc1cc(N)cc(-n2cc(C=O)cn2)n1. The normalized spacial score (nSPS) is 10.2. The monoisotopic (exact) mass is 202 g/mol. The lowest BCUT2D eigenvalue weighted by atomic mass is 10.3. The zero-order valence-corrected chi connectivity index (χ0v) is 8.21. The first-order valence-electron chi connectivity index (χ1n) is 4.43. The number of hydrogen-bond acceptors (Lipinski definition) is 4. The van der Waals surface area contributed by atoms with E-state index in [2.05, 4.69) is 10.1 Å². The number of aldehydes is 1. The number of nitrogens with zero attached hydrogens (tertiary/aromatic N) is 3. The topological polar surface area (TPSA) is 73.8 Å². The Morgan fingerprint density at radius 1 is 1.47 bits per heavy atom. The Morgan fingerprint density at radius 2 is 2.27 bits per heavy atom. The summed E-state index contributed by atoms with van der Waals surface area (Å²) in [6.45, 7) is 1.85. The van der Waals surface area contributed by atoms with E-state index >= 15 is 0 Å². The minimum absolute atomic E-state index is 0.511. The molecule has 0 radical (unpaired) electrons. The van der Waals surface area contributed by atoms with E-state index in [9.17, 15) is 4.79 Å². The Kier molecular flexibility index (Phi) is 2.21. The molecule has 0 unspecified atom stereocenters. The van der Waals surface area contributed by atoms with Gasteiger partial charge in [0, 0.05) is 23.6 Å². The molecule has 76 valence electrons. The summed E-state index contributed by atoms with van der Waals surface area (Å²) in [7, 11) is 0. The third-order valence-corrected chi connectivity index (χ3v) is 1.94. The lowest BCUT2D eigenvalue weighted by molar-refractivity contribution is 0.112. The summed E-state index contributed by atoms with van der Waals surface area (Å²) in [6.07, 6.45) is 3.82. The van der Waals surface area contributed by atoms with Crippen molar-refractivity contribution >= 4 is 12.0 Å². The fraction of sp³-hybridized carbons (Fsp3) is 0.100. The maximum atomic E-state index is 10.5. The second kappa shape index (κ2) is 3.53. The molecule has 0 aliphatic rings. The van der Waals surface area contributed by atoms with Crippen molar-refractivity contribution in [3.05, 3.63) is 35.8 Å². The lowest BCUT2D eigenvalue weighted by Gasteiger charge is -2.02. The molecule has 2 heterocycles. The van der Waals surface area contributed by atoms with Crippen molar-refractivity contribution in [2.75, 3.05) is 5.73 Å². The summed E-state index contributed by atoms with van der Waals surface area (Å²) >= 11 is 0. The number of carbonyl (C=O) groups is 1. The van der Waals surface area contributed by atoms with Crippen molar-refractivity contribution < 1.29 is 4.79 Å². The van der Waals surface area contributed by atoms with Crippen LogP contribution in [0.4, 0.5) is 5.69 Å². The Bertz CT molecular complexity index is 484. The number of aryl methyl sites for hydroxylation is 1. The van der Waals surface area contributed by atoms with Crippen molar-refractivity contribution in [3.63, 3.8) is 0 Å². The van der Waals surface area contributed by atoms with Crippen molar-refractivity contribution in [3.8, 4) is 5.82 Å². The van der Waals surface area contributed by atoms with Gasteiger partial charge in [0.1, 0.15) is 0 Å². The highest BCUT2D eigenvalue weighted by molar-refractivity contribution is 5.73. The van der Waals surface area contributed by atoms with E-state index in [1.54, 1.807) is 18.3 Å². The van der Waals surface area contributed by atoms with Crippen LogP contribution in [-0.2, 0) is 0 Å². The number of hydrogen-bond donors (Lipinski definition) is 1. The Balaban J connectivity index is 2.48. The van der Waals surface area contributed by atoms with Gasteiger partial charge >= 0.3 is 0 Å². The molecule has 0 spiro atoms. The molecule has 0 amide bonds. The smallest absolute Gasteiger partial charge is 0.155 e.